The van der Waals surface area contributed by atoms with Gasteiger partial charge in [0.15, 0.2) is 0 Å². The van der Waals surface area contributed by atoms with Crippen LogP contribution in [-0.2, 0) is 28.9 Å². The number of carbonyl (C=O) groups excluding carboxylic acids is 1. The lowest BCUT2D eigenvalue weighted by Gasteiger charge is -2.27. The smallest absolute Gasteiger partial charge is 0.348 e. The SMILES string of the molecule is O=C(CSc1nc(=O)n(CCCO)c2c1CCCC2)N1CCOCC1. The van der Waals surface area contributed by atoms with E-state index < -0.39 is 0 Å². The zero-order valence-corrected chi connectivity index (χ0v) is 15.2. The molecule has 2 heterocycles. The fourth-order valence-electron chi connectivity index (χ4n) is 3.36. The number of hydrogen-bond acceptors (Lipinski definition) is 6. The molecule has 0 unspecified atom stereocenters. The maximum Gasteiger partial charge on any atom is 0.348 e. The van der Waals surface area contributed by atoms with Crippen molar-refractivity contribution < 1.29 is 14.6 Å². The monoisotopic (exact) mass is 367 g/mol. The first-order valence-corrected chi connectivity index (χ1v) is 9.91. The molecular formula is C17H25N3O4S. The number of morpholine rings is 1. The Hall–Kier alpha value is -1.38. The third kappa shape index (κ3) is 4.43. The molecule has 138 valence electrons. The van der Waals surface area contributed by atoms with Gasteiger partial charge in [-0.1, -0.05) is 11.8 Å². The van der Waals surface area contributed by atoms with Crippen molar-refractivity contribution in [1.29, 1.82) is 0 Å². The quantitative estimate of drug-likeness (QED) is 0.581. The molecule has 1 N–H and O–H groups in total. The van der Waals surface area contributed by atoms with Gasteiger partial charge in [0, 0.05) is 37.5 Å². The number of fused-ring (bicyclic) bond motifs is 1. The molecule has 0 aromatic carbocycles. The summed E-state index contributed by atoms with van der Waals surface area (Å²) in [7, 11) is 0. The summed E-state index contributed by atoms with van der Waals surface area (Å²) >= 11 is 1.38. The van der Waals surface area contributed by atoms with Crippen molar-refractivity contribution >= 4 is 17.7 Å². The summed E-state index contributed by atoms with van der Waals surface area (Å²) < 4.78 is 6.98. The first-order chi connectivity index (χ1) is 12.2. The van der Waals surface area contributed by atoms with Crippen LogP contribution in [0.5, 0.6) is 0 Å². The van der Waals surface area contributed by atoms with E-state index in [2.05, 4.69) is 4.98 Å². The second-order valence-corrected chi connectivity index (χ2v) is 7.31. The number of carbonyl (C=O) groups is 1. The van der Waals surface area contributed by atoms with Crippen LogP contribution in [0.2, 0.25) is 0 Å². The number of aliphatic hydroxyl groups is 1. The minimum absolute atomic E-state index is 0.0613. The molecule has 0 spiro atoms. The van der Waals surface area contributed by atoms with Crippen LogP contribution in [-0.4, -0.2) is 64.1 Å². The number of ether oxygens (including phenoxy) is 1. The molecule has 1 aromatic heterocycles. The normalized spacial score (nSPS) is 17.4. The molecule has 1 saturated heterocycles. The topological polar surface area (TPSA) is 84.7 Å². The molecule has 1 aromatic rings. The maximum absolute atomic E-state index is 12.4. The molecule has 1 amide bonds. The Morgan fingerprint density at radius 1 is 1.24 bits per heavy atom. The lowest BCUT2D eigenvalue weighted by molar-refractivity contribution is -0.132. The van der Waals surface area contributed by atoms with Gasteiger partial charge in [0.05, 0.1) is 19.0 Å². The van der Waals surface area contributed by atoms with E-state index in [0.29, 0.717) is 50.0 Å². The van der Waals surface area contributed by atoms with Crippen molar-refractivity contribution in [3.63, 3.8) is 0 Å². The summed E-state index contributed by atoms with van der Waals surface area (Å²) in [6.45, 7) is 3.01. The Bertz CT molecular complexity index is 671. The molecule has 1 aliphatic carbocycles. The molecule has 1 aliphatic heterocycles. The Balaban J connectivity index is 1.75. The predicted octanol–water partition coefficient (Wildman–Crippen LogP) is 0.455. The van der Waals surface area contributed by atoms with Crippen molar-refractivity contribution in [3.05, 3.63) is 21.7 Å². The Morgan fingerprint density at radius 2 is 2.00 bits per heavy atom. The highest BCUT2D eigenvalue weighted by atomic mass is 32.2. The van der Waals surface area contributed by atoms with E-state index in [0.717, 1.165) is 36.9 Å². The lowest BCUT2D eigenvalue weighted by atomic mass is 9.97. The number of hydrogen-bond donors (Lipinski definition) is 1. The molecule has 2 aliphatic rings. The van der Waals surface area contributed by atoms with Crippen LogP contribution in [0, 0.1) is 0 Å². The molecule has 7 nitrogen and oxygen atoms in total. The second-order valence-electron chi connectivity index (χ2n) is 6.34. The Labute approximate surface area is 151 Å². The molecule has 8 heteroatoms. The van der Waals surface area contributed by atoms with Crippen LogP contribution < -0.4 is 5.69 Å². The molecule has 3 rings (SSSR count). The van der Waals surface area contributed by atoms with E-state index in [1.165, 1.54) is 11.8 Å². The molecular weight excluding hydrogens is 342 g/mol. The van der Waals surface area contributed by atoms with Gasteiger partial charge in [-0.2, -0.15) is 4.98 Å². The van der Waals surface area contributed by atoms with Gasteiger partial charge in [-0.05, 0) is 32.1 Å². The van der Waals surface area contributed by atoms with Gasteiger partial charge in [0.25, 0.3) is 0 Å². The molecule has 0 radical (unpaired) electrons. The largest absolute Gasteiger partial charge is 0.396 e. The minimum atomic E-state index is -0.268. The van der Waals surface area contributed by atoms with Crippen molar-refractivity contribution in [2.75, 3.05) is 38.7 Å². The third-order valence-electron chi connectivity index (χ3n) is 4.69. The number of amides is 1. The van der Waals surface area contributed by atoms with Crippen LogP contribution in [0.1, 0.15) is 30.5 Å². The molecule has 0 bridgehead atoms. The van der Waals surface area contributed by atoms with Crippen LogP contribution in [0.25, 0.3) is 0 Å². The maximum atomic E-state index is 12.4. The average molecular weight is 367 g/mol. The van der Waals surface area contributed by atoms with Crippen molar-refractivity contribution in [2.45, 2.75) is 43.7 Å². The number of thioether (sulfide) groups is 1. The van der Waals surface area contributed by atoms with Gasteiger partial charge in [-0.15, -0.1) is 0 Å². The van der Waals surface area contributed by atoms with Crippen LogP contribution in [0.3, 0.4) is 0 Å². The number of rotatable bonds is 6. The number of nitrogens with zero attached hydrogens (tertiary/aromatic N) is 3. The van der Waals surface area contributed by atoms with Crippen molar-refractivity contribution in [3.8, 4) is 0 Å². The van der Waals surface area contributed by atoms with Gasteiger partial charge in [-0.3, -0.25) is 9.36 Å². The summed E-state index contributed by atoms with van der Waals surface area (Å²) in [6, 6.07) is 0. The fraction of sp³-hybridized carbons (Fsp3) is 0.706. The van der Waals surface area contributed by atoms with Crippen molar-refractivity contribution in [2.24, 2.45) is 0 Å². The zero-order valence-electron chi connectivity index (χ0n) is 14.4. The van der Waals surface area contributed by atoms with Gasteiger partial charge < -0.3 is 14.7 Å². The molecule has 0 atom stereocenters. The van der Waals surface area contributed by atoms with Crippen LogP contribution in [0.15, 0.2) is 9.82 Å². The standard InChI is InChI=1S/C17H25N3O4S/c21-9-3-6-20-14-5-2-1-4-13(14)16(18-17(20)23)25-12-15(22)19-7-10-24-11-8-19/h21H,1-12H2. The Kier molecular flexibility index (Phi) is 6.50. The summed E-state index contributed by atoms with van der Waals surface area (Å²) in [5, 5.41) is 9.77. The van der Waals surface area contributed by atoms with Crippen molar-refractivity contribution in [1.82, 2.24) is 14.5 Å². The van der Waals surface area contributed by atoms with E-state index in [1.54, 1.807) is 4.57 Å². The summed E-state index contributed by atoms with van der Waals surface area (Å²) in [6.07, 6.45) is 4.46. The zero-order chi connectivity index (χ0) is 17.6. The highest BCUT2D eigenvalue weighted by Gasteiger charge is 2.22. The predicted molar refractivity (Wildman–Crippen MR) is 95.0 cm³/mol. The second kappa shape index (κ2) is 8.82. The van der Waals surface area contributed by atoms with E-state index in [-0.39, 0.29) is 18.2 Å². The average Bonchev–Trinajstić information content (AvgIpc) is 2.66. The summed E-state index contributed by atoms with van der Waals surface area (Å²) in [5.74, 6) is 0.378. The summed E-state index contributed by atoms with van der Waals surface area (Å²) in [5.41, 5.74) is 1.89. The van der Waals surface area contributed by atoms with Gasteiger partial charge in [0.2, 0.25) is 5.91 Å². The lowest BCUT2D eigenvalue weighted by Crippen LogP contribution is -2.41. The highest BCUT2D eigenvalue weighted by Crippen LogP contribution is 2.28. The van der Waals surface area contributed by atoms with E-state index in [4.69, 9.17) is 9.84 Å². The van der Waals surface area contributed by atoms with Gasteiger partial charge in [0.1, 0.15) is 5.03 Å². The van der Waals surface area contributed by atoms with E-state index >= 15 is 0 Å². The fourth-order valence-corrected chi connectivity index (χ4v) is 4.34. The minimum Gasteiger partial charge on any atom is -0.396 e. The van der Waals surface area contributed by atoms with Gasteiger partial charge >= 0.3 is 5.69 Å². The molecule has 25 heavy (non-hydrogen) atoms. The van der Waals surface area contributed by atoms with Crippen LogP contribution >= 0.6 is 11.8 Å². The van der Waals surface area contributed by atoms with Crippen LogP contribution in [0.4, 0.5) is 0 Å². The molecule has 1 fully saturated rings. The van der Waals surface area contributed by atoms with E-state index in [9.17, 15) is 9.59 Å². The van der Waals surface area contributed by atoms with E-state index in [1.807, 2.05) is 4.90 Å². The first kappa shape index (κ1) is 18.4. The summed E-state index contributed by atoms with van der Waals surface area (Å²) in [4.78, 5) is 30.8. The first-order valence-electron chi connectivity index (χ1n) is 8.92. The molecule has 0 saturated carbocycles. The Morgan fingerprint density at radius 3 is 2.76 bits per heavy atom. The third-order valence-corrected chi connectivity index (χ3v) is 5.69. The number of aliphatic hydroxyl groups excluding tert-OH is 1. The number of aromatic nitrogens is 2. The van der Waals surface area contributed by atoms with Gasteiger partial charge in [-0.25, -0.2) is 4.79 Å². The highest BCUT2D eigenvalue weighted by molar-refractivity contribution is 7.99.